The van der Waals surface area contributed by atoms with E-state index >= 15 is 0 Å². The molecule has 2 aliphatic rings. The average molecular weight is 309 g/mol. The zero-order valence-corrected chi connectivity index (χ0v) is 13.0. The molecule has 0 N–H and O–H groups in total. The Morgan fingerprint density at radius 3 is 3.00 bits per heavy atom. The van der Waals surface area contributed by atoms with Crippen molar-refractivity contribution >= 4 is 23.3 Å². The third-order valence-electron chi connectivity index (χ3n) is 4.00. The highest BCUT2D eigenvalue weighted by Gasteiger charge is 2.48. The van der Waals surface area contributed by atoms with E-state index in [1.165, 1.54) is 0 Å². The van der Waals surface area contributed by atoms with Crippen LogP contribution in [0.1, 0.15) is 31.6 Å². The molecule has 0 saturated carbocycles. The number of carbonyl (C=O) groups is 2. The van der Waals surface area contributed by atoms with Gasteiger partial charge in [-0.15, -0.1) is 11.3 Å². The van der Waals surface area contributed by atoms with Gasteiger partial charge in [0.2, 0.25) is 5.91 Å². The van der Waals surface area contributed by atoms with Gasteiger partial charge in [0, 0.05) is 24.0 Å². The molecule has 21 heavy (non-hydrogen) atoms. The molecular weight excluding hydrogens is 290 g/mol. The fourth-order valence-corrected chi connectivity index (χ4v) is 3.71. The minimum atomic E-state index is -0.301. The van der Waals surface area contributed by atoms with Gasteiger partial charge in [-0.05, 0) is 20.3 Å². The molecule has 1 aromatic rings. The average Bonchev–Trinajstić information content (AvgIpc) is 3.08. The van der Waals surface area contributed by atoms with Gasteiger partial charge in [-0.1, -0.05) is 0 Å². The van der Waals surface area contributed by atoms with E-state index in [0.717, 1.165) is 11.3 Å². The van der Waals surface area contributed by atoms with E-state index in [4.69, 9.17) is 4.74 Å². The molecule has 0 unspecified atom stereocenters. The van der Waals surface area contributed by atoms with Crippen LogP contribution < -0.4 is 0 Å². The molecule has 0 bridgehead atoms. The Labute approximate surface area is 127 Å². The summed E-state index contributed by atoms with van der Waals surface area (Å²) in [6.07, 6.45) is 2.58. The number of nitrogens with zero attached hydrogens (tertiary/aromatic N) is 3. The third-order valence-corrected chi connectivity index (χ3v) is 4.76. The summed E-state index contributed by atoms with van der Waals surface area (Å²) in [6, 6.07) is 0.0657. The van der Waals surface area contributed by atoms with Gasteiger partial charge in [0.1, 0.15) is 0 Å². The highest BCUT2D eigenvalue weighted by atomic mass is 32.1. The summed E-state index contributed by atoms with van der Waals surface area (Å²) in [4.78, 5) is 33.1. The van der Waals surface area contributed by atoms with Crippen molar-refractivity contribution in [2.24, 2.45) is 0 Å². The van der Waals surface area contributed by atoms with Crippen LogP contribution in [-0.4, -0.2) is 51.5 Å². The maximum absolute atomic E-state index is 12.2. The zero-order valence-electron chi connectivity index (χ0n) is 12.2. The molecule has 2 atom stereocenters. The van der Waals surface area contributed by atoms with Crippen molar-refractivity contribution in [2.75, 3.05) is 6.54 Å². The van der Waals surface area contributed by atoms with Gasteiger partial charge in [0.25, 0.3) is 0 Å². The molecule has 6 nitrogen and oxygen atoms in total. The van der Waals surface area contributed by atoms with Crippen molar-refractivity contribution in [3.8, 4) is 0 Å². The van der Waals surface area contributed by atoms with E-state index in [2.05, 4.69) is 4.98 Å². The standard InChI is InChI=1S/C14H19N3O3S/c1-9(2)20-14(19)16-4-3-11-12(16)5-13(18)17(11)7-10-6-15-8-21-10/h6,8-9,11-12H,3-5,7H2,1-2H3/t11-,12-/m0/s1. The largest absolute Gasteiger partial charge is 0.447 e. The first-order valence-electron chi connectivity index (χ1n) is 7.20. The number of thiazole rings is 1. The van der Waals surface area contributed by atoms with Gasteiger partial charge in [0.15, 0.2) is 0 Å². The topological polar surface area (TPSA) is 62.7 Å². The highest BCUT2D eigenvalue weighted by Crippen LogP contribution is 2.34. The molecule has 3 heterocycles. The lowest BCUT2D eigenvalue weighted by Crippen LogP contribution is -2.40. The molecule has 2 fully saturated rings. The zero-order chi connectivity index (χ0) is 15.0. The normalized spacial score (nSPS) is 24.8. The van der Waals surface area contributed by atoms with Gasteiger partial charge in [-0.3, -0.25) is 9.78 Å². The molecule has 114 valence electrons. The number of fused-ring (bicyclic) bond motifs is 1. The summed E-state index contributed by atoms with van der Waals surface area (Å²) in [6.45, 7) is 4.92. The Balaban J connectivity index is 1.69. The second-order valence-electron chi connectivity index (χ2n) is 5.74. The van der Waals surface area contributed by atoms with Gasteiger partial charge in [-0.2, -0.15) is 0 Å². The number of hydrogen-bond donors (Lipinski definition) is 0. The molecular formula is C14H19N3O3S. The molecule has 0 aliphatic carbocycles. The number of ether oxygens (including phenoxy) is 1. The molecule has 7 heteroatoms. The lowest BCUT2D eigenvalue weighted by Gasteiger charge is -2.25. The first kappa shape index (κ1) is 14.3. The van der Waals surface area contributed by atoms with Gasteiger partial charge >= 0.3 is 6.09 Å². The van der Waals surface area contributed by atoms with Gasteiger partial charge < -0.3 is 14.5 Å². The summed E-state index contributed by atoms with van der Waals surface area (Å²) in [5, 5.41) is 0. The number of hydrogen-bond acceptors (Lipinski definition) is 5. The Hall–Kier alpha value is -1.63. The fraction of sp³-hybridized carbons (Fsp3) is 0.643. The minimum Gasteiger partial charge on any atom is -0.447 e. The van der Waals surface area contributed by atoms with Crippen molar-refractivity contribution in [3.63, 3.8) is 0 Å². The summed E-state index contributed by atoms with van der Waals surface area (Å²) in [5.41, 5.74) is 1.77. The first-order chi connectivity index (χ1) is 10.1. The lowest BCUT2D eigenvalue weighted by atomic mass is 10.1. The molecule has 0 radical (unpaired) electrons. The molecule has 1 aromatic heterocycles. The molecule has 0 spiro atoms. The monoisotopic (exact) mass is 309 g/mol. The van der Waals surface area contributed by atoms with Crippen molar-refractivity contribution < 1.29 is 14.3 Å². The summed E-state index contributed by atoms with van der Waals surface area (Å²) in [7, 11) is 0. The second kappa shape index (κ2) is 5.63. The van der Waals surface area contributed by atoms with Crippen LogP contribution in [-0.2, 0) is 16.1 Å². The minimum absolute atomic E-state index is 0.0447. The van der Waals surface area contributed by atoms with Crippen molar-refractivity contribution in [3.05, 3.63) is 16.6 Å². The Kier molecular flexibility index (Phi) is 3.84. The number of aromatic nitrogens is 1. The predicted molar refractivity (Wildman–Crippen MR) is 77.8 cm³/mol. The fourth-order valence-electron chi connectivity index (χ4n) is 3.12. The van der Waals surface area contributed by atoms with E-state index < -0.39 is 0 Å². The Morgan fingerprint density at radius 1 is 1.52 bits per heavy atom. The van der Waals surface area contributed by atoms with Gasteiger partial charge in [-0.25, -0.2) is 4.79 Å². The van der Waals surface area contributed by atoms with Crippen LogP contribution in [0.3, 0.4) is 0 Å². The van der Waals surface area contributed by atoms with E-state index in [9.17, 15) is 9.59 Å². The maximum atomic E-state index is 12.2. The number of rotatable bonds is 3. The van der Waals surface area contributed by atoms with Gasteiger partial charge in [0.05, 0.1) is 30.2 Å². The number of carbonyl (C=O) groups excluding carboxylic acids is 2. The van der Waals surface area contributed by atoms with Crippen LogP contribution in [0.2, 0.25) is 0 Å². The summed E-state index contributed by atoms with van der Waals surface area (Å²) < 4.78 is 5.27. The second-order valence-corrected chi connectivity index (χ2v) is 6.71. The molecule has 2 saturated heterocycles. The van der Waals surface area contributed by atoms with Crippen molar-refractivity contribution in [1.29, 1.82) is 0 Å². The lowest BCUT2D eigenvalue weighted by molar-refractivity contribution is -0.129. The van der Waals surface area contributed by atoms with E-state index in [1.54, 1.807) is 27.9 Å². The molecule has 2 amide bonds. The Morgan fingerprint density at radius 2 is 2.33 bits per heavy atom. The van der Waals surface area contributed by atoms with E-state index in [0.29, 0.717) is 19.5 Å². The van der Waals surface area contributed by atoms with Crippen molar-refractivity contribution in [2.45, 2.75) is 51.4 Å². The van der Waals surface area contributed by atoms with Crippen molar-refractivity contribution in [1.82, 2.24) is 14.8 Å². The van der Waals surface area contributed by atoms with Crippen LogP contribution in [0.4, 0.5) is 4.79 Å². The smallest absolute Gasteiger partial charge is 0.410 e. The molecule has 3 rings (SSSR count). The maximum Gasteiger partial charge on any atom is 0.410 e. The quantitative estimate of drug-likeness (QED) is 0.855. The Bertz CT molecular complexity index is 532. The third kappa shape index (κ3) is 2.74. The summed E-state index contributed by atoms with van der Waals surface area (Å²) in [5.74, 6) is 0.112. The van der Waals surface area contributed by atoms with E-state index in [1.807, 2.05) is 18.7 Å². The van der Waals surface area contributed by atoms with Crippen LogP contribution in [0.25, 0.3) is 0 Å². The van der Waals surface area contributed by atoms with Crippen LogP contribution in [0.15, 0.2) is 11.7 Å². The van der Waals surface area contributed by atoms with Crippen LogP contribution >= 0.6 is 11.3 Å². The summed E-state index contributed by atoms with van der Waals surface area (Å²) >= 11 is 1.55. The molecule has 0 aromatic carbocycles. The number of likely N-dealkylation sites (tertiary alicyclic amines) is 2. The highest BCUT2D eigenvalue weighted by molar-refractivity contribution is 7.09. The molecule has 2 aliphatic heterocycles. The first-order valence-corrected chi connectivity index (χ1v) is 8.08. The number of amides is 2. The SMILES string of the molecule is CC(C)OC(=O)N1CC[C@H]2[C@@H]1CC(=O)N2Cc1cncs1. The van der Waals surface area contributed by atoms with E-state index in [-0.39, 0.29) is 30.2 Å². The van der Waals surface area contributed by atoms with Crippen LogP contribution in [0, 0.1) is 0 Å². The van der Waals surface area contributed by atoms with Crippen LogP contribution in [0.5, 0.6) is 0 Å². The predicted octanol–water partition coefficient (Wildman–Crippen LogP) is 1.86.